The first-order chi connectivity index (χ1) is 3.93. The van der Waals surface area contributed by atoms with E-state index in [0.717, 1.165) is 6.54 Å². The molecule has 1 aliphatic heterocycles. The maximum atomic E-state index is 9.91. The third kappa shape index (κ3) is 1.06. The zero-order valence-electron chi connectivity index (χ0n) is 4.48. The van der Waals surface area contributed by atoms with Gasteiger partial charge < -0.3 is 5.32 Å². The van der Waals surface area contributed by atoms with Crippen molar-refractivity contribution in [1.29, 1.82) is 0 Å². The molecule has 2 nitrogen and oxygen atoms in total. The average Bonchev–Trinajstić information content (AvgIpc) is 1.90. The second-order valence-corrected chi connectivity index (χ2v) is 1.66. The molecule has 0 unspecified atom stereocenters. The Morgan fingerprint density at radius 3 is 3.00 bits per heavy atom. The van der Waals surface area contributed by atoms with E-state index in [4.69, 9.17) is 0 Å². The molecule has 0 aromatic heterocycles. The van der Waals surface area contributed by atoms with Crippen molar-refractivity contribution in [3.63, 3.8) is 0 Å². The van der Waals surface area contributed by atoms with Crippen LogP contribution < -0.4 is 5.32 Å². The Kier molecular flexibility index (Phi) is 1.62. The monoisotopic (exact) mass is 109 g/mol. The van der Waals surface area contributed by atoms with E-state index in [2.05, 4.69) is 5.32 Å². The van der Waals surface area contributed by atoms with Gasteiger partial charge in [-0.1, -0.05) is 6.08 Å². The van der Waals surface area contributed by atoms with E-state index in [1.807, 2.05) is 12.0 Å². The van der Waals surface area contributed by atoms with Gasteiger partial charge in [0.25, 0.3) is 0 Å². The van der Waals surface area contributed by atoms with Gasteiger partial charge in [0.2, 0.25) is 0 Å². The van der Waals surface area contributed by atoms with Crippen LogP contribution in [0.2, 0.25) is 0 Å². The number of nitrogens with one attached hydrogen (secondary N) is 1. The molecule has 0 bridgehead atoms. The number of hydrogen-bond acceptors (Lipinski definition) is 2. The Hall–Kier alpha value is -0.850. The first-order valence-electron chi connectivity index (χ1n) is 2.55. The van der Waals surface area contributed by atoms with E-state index in [-0.39, 0.29) is 0 Å². The highest BCUT2D eigenvalue weighted by Crippen LogP contribution is 1.92. The summed E-state index contributed by atoms with van der Waals surface area (Å²) in [6, 6.07) is 0. The summed E-state index contributed by atoms with van der Waals surface area (Å²) in [6.07, 6.45) is 3.70. The van der Waals surface area contributed by atoms with Crippen LogP contribution in [0.15, 0.2) is 17.7 Å². The molecule has 0 aliphatic carbocycles. The fourth-order valence-corrected chi connectivity index (χ4v) is 0.620. The molecule has 0 radical (unpaired) electrons. The van der Waals surface area contributed by atoms with Crippen molar-refractivity contribution in [1.82, 2.24) is 5.32 Å². The zero-order chi connectivity index (χ0) is 5.82. The van der Waals surface area contributed by atoms with E-state index >= 15 is 0 Å². The quantitative estimate of drug-likeness (QED) is 0.440. The molecule has 0 spiro atoms. The molecule has 1 N–H and O–H groups in total. The van der Waals surface area contributed by atoms with Crippen LogP contribution >= 0.6 is 0 Å². The van der Waals surface area contributed by atoms with Crippen LogP contribution in [0.25, 0.3) is 0 Å². The molecule has 0 saturated carbocycles. The smallest absolute Gasteiger partial charge is 0.129 e. The Balaban J connectivity index is 2.70. The van der Waals surface area contributed by atoms with Crippen LogP contribution in [0, 0.1) is 0 Å². The molecule has 0 aromatic rings. The molecule has 0 amide bonds. The maximum Gasteiger partial charge on any atom is 0.129 e. The average molecular weight is 109 g/mol. The molecule has 42 valence electrons. The van der Waals surface area contributed by atoms with Gasteiger partial charge in [-0.25, -0.2) is 4.79 Å². The normalized spacial score (nSPS) is 18.2. The summed E-state index contributed by atoms with van der Waals surface area (Å²) in [5.41, 5.74) is 0.705. The Bertz CT molecular complexity index is 154. The topological polar surface area (TPSA) is 29.1 Å². The largest absolute Gasteiger partial charge is 0.308 e. The molecule has 1 heterocycles. The molecule has 0 aromatic carbocycles. The third-order valence-electron chi connectivity index (χ3n) is 1.03. The van der Waals surface area contributed by atoms with Gasteiger partial charge in [0.05, 0.1) is 0 Å². The first-order valence-corrected chi connectivity index (χ1v) is 2.55. The highest BCUT2D eigenvalue weighted by molar-refractivity contribution is 5.58. The van der Waals surface area contributed by atoms with E-state index in [9.17, 15) is 4.79 Å². The fourth-order valence-electron chi connectivity index (χ4n) is 0.620. The lowest BCUT2D eigenvalue weighted by Crippen LogP contribution is -2.20. The van der Waals surface area contributed by atoms with Crippen LogP contribution in [0.3, 0.4) is 0 Å². The predicted molar refractivity (Wildman–Crippen MR) is 31.2 cm³/mol. The zero-order valence-corrected chi connectivity index (χ0v) is 4.48. The van der Waals surface area contributed by atoms with Crippen molar-refractivity contribution in [3.8, 4) is 0 Å². The van der Waals surface area contributed by atoms with Gasteiger partial charge in [-0.2, -0.15) is 0 Å². The fraction of sp³-hybridized carbons (Fsp3) is 0.333. The van der Waals surface area contributed by atoms with Gasteiger partial charge in [0.15, 0.2) is 0 Å². The summed E-state index contributed by atoms with van der Waals surface area (Å²) in [4.78, 5) is 9.91. The molecular weight excluding hydrogens is 102 g/mol. The minimum absolute atomic E-state index is 0.667. The Morgan fingerprint density at radius 2 is 2.62 bits per heavy atom. The molecule has 8 heavy (non-hydrogen) atoms. The molecule has 2 heteroatoms. The SMILES string of the molecule is O=C=C1C=CCNC1. The lowest BCUT2D eigenvalue weighted by atomic mass is 10.2. The van der Waals surface area contributed by atoms with Crippen LogP contribution in [0.4, 0.5) is 0 Å². The number of rotatable bonds is 0. The molecule has 1 aliphatic rings. The lowest BCUT2D eigenvalue weighted by Gasteiger charge is -2.03. The molecule has 1 rings (SSSR count). The Labute approximate surface area is 47.9 Å². The minimum Gasteiger partial charge on any atom is -0.308 e. The van der Waals surface area contributed by atoms with E-state index < -0.39 is 0 Å². The number of hydrogen-bond donors (Lipinski definition) is 1. The van der Waals surface area contributed by atoms with Gasteiger partial charge in [0, 0.05) is 18.7 Å². The summed E-state index contributed by atoms with van der Waals surface area (Å²) in [6.45, 7) is 1.53. The summed E-state index contributed by atoms with van der Waals surface area (Å²) in [7, 11) is 0. The van der Waals surface area contributed by atoms with E-state index in [1.165, 1.54) is 0 Å². The second kappa shape index (κ2) is 2.46. The summed E-state index contributed by atoms with van der Waals surface area (Å²) >= 11 is 0. The summed E-state index contributed by atoms with van der Waals surface area (Å²) < 4.78 is 0. The number of carbonyl (C=O) groups excluding carboxylic acids is 1. The van der Waals surface area contributed by atoms with Crippen molar-refractivity contribution in [2.45, 2.75) is 0 Å². The maximum absolute atomic E-state index is 9.91. The lowest BCUT2D eigenvalue weighted by molar-refractivity contribution is 0.566. The minimum atomic E-state index is 0.667. The highest BCUT2D eigenvalue weighted by atomic mass is 16.1. The van der Waals surface area contributed by atoms with Crippen LogP contribution in [-0.2, 0) is 4.79 Å². The van der Waals surface area contributed by atoms with Crippen molar-refractivity contribution in [3.05, 3.63) is 17.7 Å². The molecule has 0 atom stereocenters. The van der Waals surface area contributed by atoms with Crippen molar-refractivity contribution < 1.29 is 4.79 Å². The highest BCUT2D eigenvalue weighted by Gasteiger charge is 1.95. The molecule has 0 saturated heterocycles. The van der Waals surface area contributed by atoms with Crippen LogP contribution in [-0.4, -0.2) is 19.0 Å². The molecule has 0 fully saturated rings. The van der Waals surface area contributed by atoms with Crippen molar-refractivity contribution >= 4 is 5.94 Å². The van der Waals surface area contributed by atoms with Gasteiger partial charge in [0.1, 0.15) is 5.94 Å². The predicted octanol–water partition coefficient (Wildman–Crippen LogP) is -0.0962. The summed E-state index contributed by atoms with van der Waals surface area (Å²) in [5.74, 6) is 1.82. The van der Waals surface area contributed by atoms with E-state index in [0.29, 0.717) is 12.1 Å². The first kappa shape index (κ1) is 5.29. The third-order valence-corrected chi connectivity index (χ3v) is 1.03. The van der Waals surface area contributed by atoms with Gasteiger partial charge >= 0.3 is 0 Å². The Morgan fingerprint density at radius 1 is 1.75 bits per heavy atom. The van der Waals surface area contributed by atoms with Crippen LogP contribution in [0.1, 0.15) is 0 Å². The summed E-state index contributed by atoms with van der Waals surface area (Å²) in [5, 5.41) is 3.00. The van der Waals surface area contributed by atoms with Gasteiger partial charge in [-0.15, -0.1) is 0 Å². The van der Waals surface area contributed by atoms with E-state index in [1.54, 1.807) is 6.08 Å². The van der Waals surface area contributed by atoms with Crippen molar-refractivity contribution in [2.24, 2.45) is 0 Å². The van der Waals surface area contributed by atoms with Gasteiger partial charge in [-0.05, 0) is 6.08 Å². The van der Waals surface area contributed by atoms with Crippen LogP contribution in [0.5, 0.6) is 0 Å². The molecular formula is C6H7NO. The van der Waals surface area contributed by atoms with Gasteiger partial charge in [-0.3, -0.25) is 0 Å². The second-order valence-electron chi connectivity index (χ2n) is 1.66. The standard InChI is InChI=1S/C6H7NO/c8-5-6-2-1-3-7-4-6/h1-2,7H,3-4H2. The van der Waals surface area contributed by atoms with Crippen molar-refractivity contribution in [2.75, 3.05) is 13.1 Å².